The highest BCUT2D eigenvalue weighted by Crippen LogP contribution is 2.19. The van der Waals surface area contributed by atoms with Crippen LogP contribution in [0.15, 0.2) is 53.2 Å². The SMILES string of the molecule is Cc1ccc(NC(=O)COC(=O)/C=C/c2cc(C)n(Cc3ccco3)c2C)c(C)c1. The minimum atomic E-state index is -0.568. The predicted octanol–water partition coefficient (Wildman–Crippen LogP) is 4.56. The molecule has 156 valence electrons. The molecule has 0 radical (unpaired) electrons. The Labute approximate surface area is 176 Å². The first-order chi connectivity index (χ1) is 14.3. The molecule has 0 aliphatic carbocycles. The number of aromatic nitrogens is 1. The summed E-state index contributed by atoms with van der Waals surface area (Å²) in [6, 6.07) is 11.5. The van der Waals surface area contributed by atoms with Gasteiger partial charge < -0.3 is 19.0 Å². The number of aryl methyl sites for hydroxylation is 3. The highest BCUT2D eigenvalue weighted by Gasteiger charge is 2.10. The van der Waals surface area contributed by atoms with Gasteiger partial charge in [-0.15, -0.1) is 0 Å². The Hall–Kier alpha value is -3.54. The highest BCUT2D eigenvalue weighted by atomic mass is 16.5. The Bertz CT molecular complexity index is 1080. The van der Waals surface area contributed by atoms with Gasteiger partial charge in [0.25, 0.3) is 5.91 Å². The summed E-state index contributed by atoms with van der Waals surface area (Å²) in [6.45, 7) is 8.18. The third-order valence-corrected chi connectivity index (χ3v) is 4.91. The van der Waals surface area contributed by atoms with Crippen LogP contribution in [0.25, 0.3) is 6.08 Å². The van der Waals surface area contributed by atoms with Crippen molar-refractivity contribution >= 4 is 23.6 Å². The fraction of sp³-hybridized carbons (Fsp3) is 0.250. The largest absolute Gasteiger partial charge is 0.467 e. The van der Waals surface area contributed by atoms with Crippen molar-refractivity contribution in [2.75, 3.05) is 11.9 Å². The van der Waals surface area contributed by atoms with E-state index in [0.29, 0.717) is 12.2 Å². The molecule has 1 amide bonds. The van der Waals surface area contributed by atoms with E-state index >= 15 is 0 Å². The molecule has 6 nitrogen and oxygen atoms in total. The molecule has 0 aliphatic rings. The quantitative estimate of drug-likeness (QED) is 0.461. The molecule has 2 aromatic heterocycles. The van der Waals surface area contributed by atoms with E-state index < -0.39 is 5.97 Å². The molecule has 3 rings (SSSR count). The molecule has 2 heterocycles. The maximum absolute atomic E-state index is 12.1. The topological polar surface area (TPSA) is 73.5 Å². The molecule has 0 saturated carbocycles. The van der Waals surface area contributed by atoms with Crippen LogP contribution >= 0.6 is 0 Å². The Morgan fingerprint density at radius 3 is 2.63 bits per heavy atom. The number of furan rings is 1. The van der Waals surface area contributed by atoms with Crippen LogP contribution in [0.4, 0.5) is 5.69 Å². The summed E-state index contributed by atoms with van der Waals surface area (Å²) in [5.74, 6) is -0.0801. The van der Waals surface area contributed by atoms with Crippen LogP contribution in [-0.2, 0) is 20.9 Å². The summed E-state index contributed by atoms with van der Waals surface area (Å²) >= 11 is 0. The minimum absolute atomic E-state index is 0.339. The first kappa shape index (κ1) is 21.2. The third-order valence-electron chi connectivity index (χ3n) is 4.91. The zero-order valence-electron chi connectivity index (χ0n) is 17.7. The zero-order chi connectivity index (χ0) is 21.7. The normalized spacial score (nSPS) is 11.1. The van der Waals surface area contributed by atoms with Crippen molar-refractivity contribution in [1.29, 1.82) is 0 Å². The summed E-state index contributed by atoms with van der Waals surface area (Å²) in [5.41, 5.74) is 5.77. The van der Waals surface area contributed by atoms with Gasteiger partial charge in [-0.3, -0.25) is 4.79 Å². The second-order valence-corrected chi connectivity index (χ2v) is 7.30. The lowest BCUT2D eigenvalue weighted by Gasteiger charge is -2.09. The van der Waals surface area contributed by atoms with Crippen molar-refractivity contribution in [2.24, 2.45) is 0 Å². The number of carbonyl (C=O) groups is 2. The summed E-state index contributed by atoms with van der Waals surface area (Å²) in [6.07, 6.45) is 4.69. The lowest BCUT2D eigenvalue weighted by molar-refractivity contribution is -0.142. The van der Waals surface area contributed by atoms with Crippen molar-refractivity contribution in [3.8, 4) is 0 Å². The first-order valence-corrected chi connectivity index (χ1v) is 9.74. The number of hydrogen-bond donors (Lipinski definition) is 1. The van der Waals surface area contributed by atoms with Gasteiger partial charge in [-0.1, -0.05) is 17.7 Å². The van der Waals surface area contributed by atoms with Gasteiger partial charge in [-0.2, -0.15) is 0 Å². The average molecular weight is 406 g/mol. The summed E-state index contributed by atoms with van der Waals surface area (Å²) < 4.78 is 12.6. The molecular formula is C24H26N2O4. The zero-order valence-corrected chi connectivity index (χ0v) is 17.7. The van der Waals surface area contributed by atoms with Crippen LogP contribution in [0.3, 0.4) is 0 Å². The van der Waals surface area contributed by atoms with Crippen LogP contribution in [0.1, 0.15) is 33.8 Å². The van der Waals surface area contributed by atoms with Gasteiger partial charge in [0.1, 0.15) is 5.76 Å². The molecular weight excluding hydrogens is 380 g/mol. The molecule has 0 fully saturated rings. The van der Waals surface area contributed by atoms with Gasteiger partial charge in [0, 0.05) is 23.2 Å². The van der Waals surface area contributed by atoms with Crippen molar-refractivity contribution in [1.82, 2.24) is 4.57 Å². The Morgan fingerprint density at radius 1 is 1.13 bits per heavy atom. The van der Waals surface area contributed by atoms with Gasteiger partial charge in [-0.05, 0) is 69.2 Å². The minimum Gasteiger partial charge on any atom is -0.467 e. The van der Waals surface area contributed by atoms with E-state index in [0.717, 1.165) is 33.8 Å². The number of rotatable bonds is 7. The third kappa shape index (κ3) is 5.29. The van der Waals surface area contributed by atoms with Crippen LogP contribution < -0.4 is 5.32 Å². The number of amides is 1. The number of benzene rings is 1. The molecule has 1 aromatic carbocycles. The number of nitrogens with one attached hydrogen (secondary N) is 1. The van der Waals surface area contributed by atoms with Gasteiger partial charge in [-0.25, -0.2) is 4.79 Å². The molecule has 0 saturated heterocycles. The van der Waals surface area contributed by atoms with E-state index in [1.54, 1.807) is 12.3 Å². The second-order valence-electron chi connectivity index (χ2n) is 7.30. The van der Waals surface area contributed by atoms with Gasteiger partial charge in [0.2, 0.25) is 0 Å². The molecule has 30 heavy (non-hydrogen) atoms. The fourth-order valence-electron chi connectivity index (χ4n) is 3.28. The van der Waals surface area contributed by atoms with Gasteiger partial charge in [0.15, 0.2) is 6.61 Å². The summed E-state index contributed by atoms with van der Waals surface area (Å²) in [4.78, 5) is 24.1. The second kappa shape index (κ2) is 9.31. The molecule has 0 bridgehead atoms. The van der Waals surface area contributed by atoms with E-state index in [9.17, 15) is 9.59 Å². The van der Waals surface area contributed by atoms with Crippen molar-refractivity contribution < 1.29 is 18.7 Å². The molecule has 0 atom stereocenters. The van der Waals surface area contributed by atoms with Gasteiger partial charge in [0.05, 0.1) is 12.8 Å². The molecule has 1 N–H and O–H groups in total. The number of hydrogen-bond acceptors (Lipinski definition) is 4. The average Bonchev–Trinajstić information content (AvgIpc) is 3.31. The molecule has 0 unspecified atom stereocenters. The lowest BCUT2D eigenvalue weighted by Crippen LogP contribution is -2.20. The van der Waals surface area contributed by atoms with E-state index in [4.69, 9.17) is 9.15 Å². The first-order valence-electron chi connectivity index (χ1n) is 9.74. The monoisotopic (exact) mass is 406 g/mol. The van der Waals surface area contributed by atoms with Crippen LogP contribution in [0, 0.1) is 27.7 Å². The molecule has 3 aromatic rings. The standard InChI is InChI=1S/C24H26N2O4/c1-16-7-9-22(17(2)12-16)25-23(27)15-30-24(28)10-8-20-13-18(3)26(19(20)4)14-21-6-5-11-29-21/h5-13H,14-15H2,1-4H3,(H,25,27)/b10-8+. The number of ether oxygens (including phenoxy) is 1. The van der Waals surface area contributed by atoms with E-state index in [2.05, 4.69) is 9.88 Å². The lowest BCUT2D eigenvalue weighted by atomic mass is 10.1. The van der Waals surface area contributed by atoms with E-state index in [-0.39, 0.29) is 12.5 Å². The number of nitrogens with zero attached hydrogens (tertiary/aromatic N) is 1. The number of esters is 1. The van der Waals surface area contributed by atoms with Crippen molar-refractivity contribution in [2.45, 2.75) is 34.2 Å². The van der Waals surface area contributed by atoms with Crippen LogP contribution in [0.2, 0.25) is 0 Å². The summed E-state index contributed by atoms with van der Waals surface area (Å²) in [7, 11) is 0. The molecule has 0 aliphatic heterocycles. The predicted molar refractivity (Wildman–Crippen MR) is 116 cm³/mol. The van der Waals surface area contributed by atoms with Crippen molar-refractivity contribution in [3.05, 3.63) is 82.6 Å². The van der Waals surface area contributed by atoms with Crippen LogP contribution in [0.5, 0.6) is 0 Å². The fourth-order valence-corrected chi connectivity index (χ4v) is 3.28. The Kier molecular flexibility index (Phi) is 6.57. The van der Waals surface area contributed by atoms with E-state index in [1.165, 1.54) is 6.08 Å². The van der Waals surface area contributed by atoms with E-state index in [1.807, 2.05) is 64.1 Å². The number of anilines is 1. The molecule has 0 spiro atoms. The van der Waals surface area contributed by atoms with Crippen LogP contribution in [-0.4, -0.2) is 23.1 Å². The highest BCUT2D eigenvalue weighted by molar-refractivity contribution is 5.95. The summed E-state index contributed by atoms with van der Waals surface area (Å²) in [5, 5.41) is 2.75. The van der Waals surface area contributed by atoms with Crippen molar-refractivity contribution in [3.63, 3.8) is 0 Å². The Balaban J connectivity index is 1.55. The smallest absolute Gasteiger partial charge is 0.331 e. The Morgan fingerprint density at radius 2 is 1.93 bits per heavy atom. The maximum atomic E-state index is 12.1. The van der Waals surface area contributed by atoms with Gasteiger partial charge >= 0.3 is 5.97 Å². The maximum Gasteiger partial charge on any atom is 0.331 e. The number of carbonyl (C=O) groups excluding carboxylic acids is 2. The molecule has 6 heteroatoms.